The molecule has 0 bridgehead atoms. The van der Waals surface area contributed by atoms with E-state index in [2.05, 4.69) is 5.32 Å². The highest BCUT2D eigenvalue weighted by Gasteiger charge is 2.33. The first kappa shape index (κ1) is 17.1. The molecule has 8 heteroatoms. The summed E-state index contributed by atoms with van der Waals surface area (Å²) in [6.07, 6.45) is 1.34. The van der Waals surface area contributed by atoms with Crippen molar-refractivity contribution in [1.82, 2.24) is 9.62 Å². The molecule has 1 aromatic carbocycles. The van der Waals surface area contributed by atoms with E-state index >= 15 is 0 Å². The van der Waals surface area contributed by atoms with Gasteiger partial charge in [-0.3, -0.25) is 4.79 Å². The minimum atomic E-state index is -3.67. The first-order valence-electron chi connectivity index (χ1n) is 6.95. The van der Waals surface area contributed by atoms with E-state index in [1.165, 1.54) is 29.6 Å². The van der Waals surface area contributed by atoms with Gasteiger partial charge in [-0.15, -0.1) is 0 Å². The maximum absolute atomic E-state index is 12.7. The third-order valence-electron chi connectivity index (χ3n) is 3.76. The lowest BCUT2D eigenvalue weighted by Gasteiger charge is -2.31. The summed E-state index contributed by atoms with van der Waals surface area (Å²) >= 11 is 6.00. The van der Waals surface area contributed by atoms with Crippen molar-refractivity contribution in [2.45, 2.75) is 17.7 Å². The number of nitrogens with one attached hydrogen (secondary N) is 1. The van der Waals surface area contributed by atoms with Gasteiger partial charge in [0, 0.05) is 20.1 Å². The maximum Gasteiger partial charge on any atom is 0.243 e. The molecule has 1 fully saturated rings. The summed E-state index contributed by atoms with van der Waals surface area (Å²) in [5.41, 5.74) is 0. The molecule has 1 unspecified atom stereocenters. The lowest BCUT2D eigenvalue weighted by Crippen LogP contribution is -2.44. The van der Waals surface area contributed by atoms with Gasteiger partial charge >= 0.3 is 0 Å². The highest BCUT2D eigenvalue weighted by atomic mass is 35.5. The van der Waals surface area contributed by atoms with Crippen molar-refractivity contribution in [3.05, 3.63) is 23.2 Å². The van der Waals surface area contributed by atoms with Crippen LogP contribution in [-0.2, 0) is 14.8 Å². The van der Waals surface area contributed by atoms with Crippen LogP contribution in [0.4, 0.5) is 0 Å². The van der Waals surface area contributed by atoms with Crippen LogP contribution in [0, 0.1) is 5.92 Å². The summed E-state index contributed by atoms with van der Waals surface area (Å²) in [5, 5.41) is 2.81. The first-order chi connectivity index (χ1) is 10.4. The normalized spacial score (nSPS) is 19.7. The molecule has 1 N–H and O–H groups in total. The average Bonchev–Trinajstić information content (AvgIpc) is 2.54. The Labute approximate surface area is 135 Å². The summed E-state index contributed by atoms with van der Waals surface area (Å²) in [7, 11) is -0.650. The van der Waals surface area contributed by atoms with Crippen molar-refractivity contribution in [3.63, 3.8) is 0 Å². The van der Waals surface area contributed by atoms with E-state index in [1.807, 2.05) is 0 Å². The van der Waals surface area contributed by atoms with Crippen LogP contribution in [0.3, 0.4) is 0 Å². The highest BCUT2D eigenvalue weighted by Crippen LogP contribution is 2.30. The molecule has 1 heterocycles. The molecule has 0 radical (unpaired) electrons. The second kappa shape index (κ2) is 6.85. The third-order valence-corrected chi connectivity index (χ3v) is 5.92. The Balaban J connectivity index is 2.26. The summed E-state index contributed by atoms with van der Waals surface area (Å²) in [6, 6.07) is 4.36. The minimum absolute atomic E-state index is 0.107. The van der Waals surface area contributed by atoms with Crippen molar-refractivity contribution in [2.75, 3.05) is 27.2 Å². The van der Waals surface area contributed by atoms with E-state index in [4.69, 9.17) is 16.3 Å². The van der Waals surface area contributed by atoms with Crippen molar-refractivity contribution >= 4 is 27.5 Å². The Kier molecular flexibility index (Phi) is 5.31. The molecular formula is C14H19ClN2O4S. The maximum atomic E-state index is 12.7. The standard InChI is InChI=1S/C14H19ClN2O4S/c1-16-14(18)10-4-3-7-17(9-10)22(19,20)11-5-6-13(21-2)12(15)8-11/h5-6,8,10H,3-4,7,9H2,1-2H3,(H,16,18). The molecule has 122 valence electrons. The van der Waals surface area contributed by atoms with Crippen LogP contribution in [0.15, 0.2) is 23.1 Å². The largest absolute Gasteiger partial charge is 0.495 e. The van der Waals surface area contributed by atoms with E-state index in [0.29, 0.717) is 25.1 Å². The zero-order chi connectivity index (χ0) is 16.3. The molecule has 2 rings (SSSR count). The fraction of sp³-hybridized carbons (Fsp3) is 0.500. The van der Waals surface area contributed by atoms with E-state index < -0.39 is 10.0 Å². The van der Waals surface area contributed by atoms with E-state index in [9.17, 15) is 13.2 Å². The number of ether oxygens (including phenoxy) is 1. The molecule has 1 atom stereocenters. The molecular weight excluding hydrogens is 328 g/mol. The fourth-order valence-electron chi connectivity index (χ4n) is 2.54. The van der Waals surface area contributed by atoms with Crippen LogP contribution in [-0.4, -0.2) is 45.9 Å². The topological polar surface area (TPSA) is 75.7 Å². The van der Waals surface area contributed by atoms with Crippen molar-refractivity contribution < 1.29 is 17.9 Å². The van der Waals surface area contributed by atoms with Gasteiger partial charge in [0.2, 0.25) is 15.9 Å². The molecule has 0 saturated carbocycles. The van der Waals surface area contributed by atoms with Crippen molar-refractivity contribution in [2.24, 2.45) is 5.92 Å². The molecule has 1 amide bonds. The van der Waals surface area contributed by atoms with Gasteiger partial charge in [-0.1, -0.05) is 11.6 Å². The number of hydrogen-bond donors (Lipinski definition) is 1. The fourth-order valence-corrected chi connectivity index (χ4v) is 4.41. The number of benzene rings is 1. The summed E-state index contributed by atoms with van der Waals surface area (Å²) in [5.74, 6) is -0.0302. The molecule has 1 saturated heterocycles. The number of halogens is 1. The number of hydrogen-bond acceptors (Lipinski definition) is 4. The van der Waals surface area contributed by atoms with E-state index in [1.54, 1.807) is 7.05 Å². The number of sulfonamides is 1. The Morgan fingerprint density at radius 2 is 2.18 bits per heavy atom. The monoisotopic (exact) mass is 346 g/mol. The summed E-state index contributed by atoms with van der Waals surface area (Å²) in [6.45, 7) is 0.588. The lowest BCUT2D eigenvalue weighted by atomic mass is 9.99. The van der Waals surface area contributed by atoms with E-state index in [0.717, 1.165) is 0 Å². The smallest absolute Gasteiger partial charge is 0.243 e. The predicted octanol–water partition coefficient (Wildman–Crippen LogP) is 1.50. The van der Waals surface area contributed by atoms with E-state index in [-0.39, 0.29) is 28.3 Å². The number of carbonyl (C=O) groups is 1. The Bertz CT molecular complexity index is 663. The molecule has 22 heavy (non-hydrogen) atoms. The zero-order valence-electron chi connectivity index (χ0n) is 12.5. The van der Waals surface area contributed by atoms with Crippen LogP contribution < -0.4 is 10.1 Å². The Morgan fingerprint density at radius 3 is 2.77 bits per heavy atom. The van der Waals surface area contributed by atoms with Crippen LogP contribution in [0.25, 0.3) is 0 Å². The lowest BCUT2D eigenvalue weighted by molar-refractivity contribution is -0.125. The van der Waals surface area contributed by atoms with Gasteiger partial charge in [0.05, 0.1) is 22.9 Å². The van der Waals surface area contributed by atoms with Gasteiger partial charge in [0.15, 0.2) is 0 Å². The quantitative estimate of drug-likeness (QED) is 0.896. The van der Waals surface area contributed by atoms with Crippen molar-refractivity contribution in [1.29, 1.82) is 0 Å². The molecule has 0 spiro atoms. The third kappa shape index (κ3) is 3.37. The van der Waals surface area contributed by atoms with Crippen LogP contribution in [0.5, 0.6) is 5.75 Å². The molecule has 1 aromatic rings. The molecule has 1 aliphatic rings. The number of rotatable bonds is 4. The van der Waals surface area contributed by atoms with Gasteiger partial charge in [-0.05, 0) is 31.0 Å². The van der Waals surface area contributed by atoms with Crippen molar-refractivity contribution in [3.8, 4) is 5.75 Å². The average molecular weight is 347 g/mol. The molecule has 6 nitrogen and oxygen atoms in total. The summed E-state index contributed by atoms with van der Waals surface area (Å²) in [4.78, 5) is 11.9. The van der Waals surface area contributed by atoms with Crippen LogP contribution in [0.2, 0.25) is 5.02 Å². The van der Waals surface area contributed by atoms with Gasteiger partial charge in [-0.2, -0.15) is 4.31 Å². The molecule has 0 aliphatic carbocycles. The Morgan fingerprint density at radius 1 is 1.45 bits per heavy atom. The van der Waals surface area contributed by atoms with Gasteiger partial charge in [-0.25, -0.2) is 8.42 Å². The number of piperidine rings is 1. The van der Waals surface area contributed by atoms with Gasteiger partial charge in [0.25, 0.3) is 0 Å². The number of carbonyl (C=O) groups excluding carboxylic acids is 1. The first-order valence-corrected chi connectivity index (χ1v) is 8.77. The highest BCUT2D eigenvalue weighted by molar-refractivity contribution is 7.89. The summed E-state index contributed by atoms with van der Waals surface area (Å²) < 4.78 is 31.8. The van der Waals surface area contributed by atoms with Crippen LogP contribution >= 0.6 is 11.6 Å². The Hall–Kier alpha value is -1.31. The molecule has 0 aromatic heterocycles. The minimum Gasteiger partial charge on any atom is -0.495 e. The predicted molar refractivity (Wildman–Crippen MR) is 83.6 cm³/mol. The SMILES string of the molecule is CNC(=O)C1CCCN(S(=O)(=O)c2ccc(OC)c(Cl)c2)C1. The second-order valence-electron chi connectivity index (χ2n) is 5.11. The molecule has 1 aliphatic heterocycles. The number of nitrogens with zero attached hydrogens (tertiary/aromatic N) is 1. The number of amides is 1. The van der Waals surface area contributed by atoms with Gasteiger partial charge < -0.3 is 10.1 Å². The second-order valence-corrected chi connectivity index (χ2v) is 7.46. The zero-order valence-corrected chi connectivity index (χ0v) is 14.1. The van der Waals surface area contributed by atoms with Gasteiger partial charge in [0.1, 0.15) is 5.75 Å². The number of methoxy groups -OCH3 is 1. The van der Waals surface area contributed by atoms with Crippen LogP contribution in [0.1, 0.15) is 12.8 Å².